The monoisotopic (exact) mass is 510 g/mol. The maximum Gasteiger partial charge on any atom is 0.433 e. The largest absolute Gasteiger partial charge is 0.501 e. The number of H-pyrrole nitrogens is 1. The number of nitrogens with zero attached hydrogens (tertiary/aromatic N) is 2. The molecule has 0 spiro atoms. The first-order valence-electron chi connectivity index (χ1n) is 12.5. The molecule has 3 aromatic rings. The Morgan fingerprint density at radius 3 is 2.84 bits per heavy atom. The molecular weight excluding hydrogens is 481 g/mol. The predicted molar refractivity (Wildman–Crippen MR) is 137 cm³/mol. The van der Waals surface area contributed by atoms with Crippen molar-refractivity contribution in [2.75, 3.05) is 7.11 Å². The van der Waals surface area contributed by atoms with E-state index in [0.717, 1.165) is 65.7 Å². The number of carbonyl (C=O) groups excluding carboxylic acids is 1. The lowest BCUT2D eigenvalue weighted by Crippen LogP contribution is -2.39. The number of methoxy groups -OCH3 is 1. The fourth-order valence-corrected chi connectivity index (χ4v) is 5.26. The number of aryl methyl sites for hydroxylation is 2. The van der Waals surface area contributed by atoms with Crippen LogP contribution in [0.2, 0.25) is 0 Å². The van der Waals surface area contributed by atoms with Crippen LogP contribution in [0.1, 0.15) is 60.3 Å². The second-order valence-corrected chi connectivity index (χ2v) is 9.69. The van der Waals surface area contributed by atoms with E-state index in [1.54, 1.807) is 31.4 Å². The molecule has 194 valence electrons. The van der Waals surface area contributed by atoms with Gasteiger partial charge >= 0.3 is 6.18 Å². The van der Waals surface area contributed by atoms with Crippen molar-refractivity contribution in [2.24, 2.45) is 4.99 Å². The Hall–Kier alpha value is -3.62. The zero-order valence-electron chi connectivity index (χ0n) is 20.8. The van der Waals surface area contributed by atoms with Gasteiger partial charge in [-0.1, -0.05) is 18.2 Å². The number of benzene rings is 1. The van der Waals surface area contributed by atoms with E-state index in [-0.39, 0.29) is 29.6 Å². The third-order valence-corrected chi connectivity index (χ3v) is 7.10. The second kappa shape index (κ2) is 10.0. The Morgan fingerprint density at radius 1 is 1.24 bits per heavy atom. The summed E-state index contributed by atoms with van der Waals surface area (Å²) < 4.78 is 45.7. The SMILES string of the molecule is COC1=Cc2c([nH]c(C)c2CC(=O)NC2CCCC(=Nc3cc(C(F)(F)F)nc4ccccc34)C2)CC1. The molecule has 0 saturated heterocycles. The number of halogens is 3. The van der Waals surface area contributed by atoms with Crippen LogP contribution in [0, 0.1) is 6.92 Å². The van der Waals surface area contributed by atoms with Crippen molar-refractivity contribution >= 4 is 34.3 Å². The average Bonchev–Trinajstić information content (AvgIpc) is 3.17. The summed E-state index contributed by atoms with van der Waals surface area (Å²) in [6, 6.07) is 7.61. The summed E-state index contributed by atoms with van der Waals surface area (Å²) in [7, 11) is 1.66. The maximum absolute atomic E-state index is 13.4. The number of para-hydroxylation sites is 1. The molecule has 1 atom stereocenters. The van der Waals surface area contributed by atoms with Gasteiger partial charge in [0.05, 0.1) is 30.5 Å². The first kappa shape index (κ1) is 25.0. The van der Waals surface area contributed by atoms with Crippen molar-refractivity contribution in [2.45, 2.75) is 64.1 Å². The van der Waals surface area contributed by atoms with Gasteiger partial charge in [-0.25, -0.2) is 4.98 Å². The van der Waals surface area contributed by atoms with E-state index in [1.807, 2.05) is 13.0 Å². The summed E-state index contributed by atoms with van der Waals surface area (Å²) >= 11 is 0. The molecule has 2 N–H and O–H groups in total. The minimum Gasteiger partial charge on any atom is -0.501 e. The van der Waals surface area contributed by atoms with Crippen LogP contribution in [0.25, 0.3) is 17.0 Å². The lowest BCUT2D eigenvalue weighted by molar-refractivity contribution is -0.140. The van der Waals surface area contributed by atoms with Gasteiger partial charge in [0.15, 0.2) is 0 Å². The first-order valence-corrected chi connectivity index (χ1v) is 12.5. The second-order valence-electron chi connectivity index (χ2n) is 9.69. The van der Waals surface area contributed by atoms with Crippen LogP contribution in [-0.4, -0.2) is 34.7 Å². The van der Waals surface area contributed by atoms with Gasteiger partial charge in [0.25, 0.3) is 0 Å². The van der Waals surface area contributed by atoms with E-state index in [1.165, 1.54) is 0 Å². The highest BCUT2D eigenvalue weighted by molar-refractivity contribution is 5.96. The minimum atomic E-state index is -4.56. The molecule has 1 fully saturated rings. The summed E-state index contributed by atoms with van der Waals surface area (Å²) in [5.41, 5.74) is 4.44. The number of rotatable bonds is 5. The first-order chi connectivity index (χ1) is 17.7. The van der Waals surface area contributed by atoms with Crippen LogP contribution in [-0.2, 0) is 28.5 Å². The molecule has 1 unspecified atom stereocenters. The van der Waals surface area contributed by atoms with Crippen molar-refractivity contribution in [1.82, 2.24) is 15.3 Å². The molecule has 2 aliphatic carbocycles. The molecule has 1 saturated carbocycles. The number of hydrogen-bond donors (Lipinski definition) is 2. The normalized spacial score (nSPS) is 19.0. The highest BCUT2D eigenvalue weighted by Gasteiger charge is 2.33. The number of nitrogens with one attached hydrogen (secondary N) is 2. The number of carbonyl (C=O) groups is 1. The minimum absolute atomic E-state index is 0.0807. The number of aliphatic imine (C=N–C) groups is 1. The molecular formula is C28H29F3N4O2. The van der Waals surface area contributed by atoms with E-state index in [4.69, 9.17) is 4.74 Å². The van der Waals surface area contributed by atoms with Crippen molar-refractivity contribution in [3.63, 3.8) is 0 Å². The number of ether oxygens (including phenoxy) is 1. The molecule has 2 heterocycles. The zero-order chi connectivity index (χ0) is 26.2. The average molecular weight is 511 g/mol. The number of pyridine rings is 1. The predicted octanol–water partition coefficient (Wildman–Crippen LogP) is 6.20. The molecule has 2 aromatic heterocycles. The third kappa shape index (κ3) is 5.40. The number of alkyl halides is 3. The molecule has 2 aliphatic rings. The molecule has 1 amide bonds. The van der Waals surface area contributed by atoms with Gasteiger partial charge in [-0.05, 0) is 56.4 Å². The van der Waals surface area contributed by atoms with Gasteiger partial charge in [0.2, 0.25) is 5.91 Å². The van der Waals surface area contributed by atoms with Gasteiger partial charge in [0, 0.05) is 46.9 Å². The van der Waals surface area contributed by atoms with Gasteiger partial charge in [-0.15, -0.1) is 0 Å². The van der Waals surface area contributed by atoms with Crippen molar-refractivity contribution in [3.05, 3.63) is 64.3 Å². The number of hydrogen-bond acceptors (Lipinski definition) is 4. The molecule has 0 bridgehead atoms. The van der Waals surface area contributed by atoms with Gasteiger partial charge in [0.1, 0.15) is 5.69 Å². The van der Waals surface area contributed by atoms with Gasteiger partial charge in [-0.3, -0.25) is 9.79 Å². The quantitative estimate of drug-likeness (QED) is 0.429. The van der Waals surface area contributed by atoms with Crippen molar-refractivity contribution in [3.8, 4) is 0 Å². The summed E-state index contributed by atoms with van der Waals surface area (Å²) in [4.78, 5) is 24.8. The number of aromatic amines is 1. The third-order valence-electron chi connectivity index (χ3n) is 7.10. The Morgan fingerprint density at radius 2 is 2.05 bits per heavy atom. The lowest BCUT2D eigenvalue weighted by Gasteiger charge is -2.25. The smallest absolute Gasteiger partial charge is 0.433 e. The Labute approximate surface area is 213 Å². The van der Waals surface area contributed by atoms with Crippen LogP contribution in [0.15, 0.2) is 41.1 Å². The van der Waals surface area contributed by atoms with Crippen molar-refractivity contribution < 1.29 is 22.7 Å². The van der Waals surface area contributed by atoms with Gasteiger partial charge < -0.3 is 15.0 Å². The Bertz CT molecular complexity index is 1400. The molecule has 1 aromatic carbocycles. The van der Waals surface area contributed by atoms with Crippen LogP contribution >= 0.6 is 0 Å². The highest BCUT2D eigenvalue weighted by Crippen LogP contribution is 2.35. The molecule has 5 rings (SSSR count). The zero-order valence-corrected chi connectivity index (χ0v) is 20.8. The summed E-state index contributed by atoms with van der Waals surface area (Å²) in [5.74, 6) is 0.821. The molecule has 0 radical (unpaired) electrons. The fourth-order valence-electron chi connectivity index (χ4n) is 5.26. The number of amides is 1. The van der Waals surface area contributed by atoms with E-state index < -0.39 is 11.9 Å². The van der Waals surface area contributed by atoms with E-state index in [0.29, 0.717) is 18.2 Å². The summed E-state index contributed by atoms with van der Waals surface area (Å²) in [6.45, 7) is 1.97. The van der Waals surface area contributed by atoms with E-state index in [2.05, 4.69) is 20.3 Å². The Kier molecular flexibility index (Phi) is 6.79. The summed E-state index contributed by atoms with van der Waals surface area (Å²) in [5, 5.41) is 3.70. The van der Waals surface area contributed by atoms with E-state index in [9.17, 15) is 18.0 Å². The van der Waals surface area contributed by atoms with Gasteiger partial charge in [-0.2, -0.15) is 13.2 Å². The van der Waals surface area contributed by atoms with Crippen molar-refractivity contribution in [1.29, 1.82) is 0 Å². The molecule has 9 heteroatoms. The van der Waals surface area contributed by atoms with Crippen LogP contribution in [0.5, 0.6) is 0 Å². The lowest BCUT2D eigenvalue weighted by atomic mass is 9.92. The maximum atomic E-state index is 13.4. The fraction of sp³-hybridized carbons (Fsp3) is 0.393. The number of aromatic nitrogens is 2. The molecule has 37 heavy (non-hydrogen) atoms. The Balaban J connectivity index is 1.33. The number of allylic oxidation sites excluding steroid dienone is 1. The van der Waals surface area contributed by atoms with Crippen LogP contribution in [0.3, 0.4) is 0 Å². The molecule has 0 aliphatic heterocycles. The van der Waals surface area contributed by atoms with Crippen LogP contribution in [0.4, 0.5) is 18.9 Å². The standard InChI is InChI=1S/C28H29F3N4O2/c1-16-21(22-13-19(37-2)10-11-24(22)32-16)14-27(36)34-18-7-5-6-17(12-18)33-25-15-26(28(29,30)31)35-23-9-4-3-8-20(23)25/h3-4,8-9,13,15,18,32H,5-7,10-12,14H2,1-2H3,(H,34,36). The van der Waals surface area contributed by atoms with Crippen LogP contribution < -0.4 is 5.32 Å². The summed E-state index contributed by atoms with van der Waals surface area (Å²) in [6.07, 6.45) is 2.15. The molecule has 6 nitrogen and oxygen atoms in total. The highest BCUT2D eigenvalue weighted by atomic mass is 19.4. The van der Waals surface area contributed by atoms with E-state index >= 15 is 0 Å². The topological polar surface area (TPSA) is 79.4 Å². The number of fused-ring (bicyclic) bond motifs is 2.